The van der Waals surface area contributed by atoms with E-state index in [-0.39, 0.29) is 0 Å². The van der Waals surface area contributed by atoms with Gasteiger partial charge in [-0.05, 0) is 42.7 Å². The minimum atomic E-state index is 0.912. The SMILES string of the molecule is CCc1ccccc1CC1CN(C2CCCCC2)C1. The summed E-state index contributed by atoms with van der Waals surface area (Å²) in [4.78, 5) is 2.75. The van der Waals surface area contributed by atoms with E-state index in [1.54, 1.807) is 11.1 Å². The first kappa shape index (κ1) is 13.2. The second-order valence-electron chi connectivity index (χ2n) is 6.44. The van der Waals surface area contributed by atoms with Gasteiger partial charge in [-0.15, -0.1) is 0 Å². The van der Waals surface area contributed by atoms with Crippen LogP contribution in [0, 0.1) is 5.92 Å². The van der Waals surface area contributed by atoms with E-state index in [1.807, 2.05) is 0 Å². The third-order valence-electron chi connectivity index (χ3n) is 5.08. The lowest BCUT2D eigenvalue weighted by atomic mass is 9.85. The fraction of sp³-hybridized carbons (Fsp3) is 0.667. The predicted molar refractivity (Wildman–Crippen MR) is 81.5 cm³/mol. The van der Waals surface area contributed by atoms with Crippen LogP contribution in [0.25, 0.3) is 0 Å². The first-order valence-electron chi connectivity index (χ1n) is 8.17. The molecule has 1 saturated heterocycles. The highest BCUT2D eigenvalue weighted by Gasteiger charge is 2.32. The van der Waals surface area contributed by atoms with Crippen molar-refractivity contribution < 1.29 is 0 Å². The highest BCUT2D eigenvalue weighted by atomic mass is 15.2. The average Bonchev–Trinajstić information content (AvgIpc) is 2.43. The van der Waals surface area contributed by atoms with Crippen LogP contribution in [-0.2, 0) is 12.8 Å². The molecule has 2 fully saturated rings. The number of hydrogen-bond donors (Lipinski definition) is 0. The molecule has 1 heterocycles. The molecule has 2 aliphatic rings. The Kier molecular flexibility index (Phi) is 4.22. The standard InChI is InChI=1S/C18H27N/c1-2-16-8-6-7-9-17(16)12-15-13-19(14-15)18-10-4-3-5-11-18/h6-9,15,18H,2-5,10-14H2,1H3. The molecule has 104 valence electrons. The van der Waals surface area contributed by atoms with Crippen molar-refractivity contribution in [2.24, 2.45) is 5.92 Å². The number of hydrogen-bond acceptors (Lipinski definition) is 1. The Balaban J connectivity index is 1.51. The maximum Gasteiger partial charge on any atom is 0.00955 e. The van der Waals surface area contributed by atoms with Crippen molar-refractivity contribution in [3.8, 4) is 0 Å². The maximum absolute atomic E-state index is 2.75. The summed E-state index contributed by atoms with van der Waals surface area (Å²) < 4.78 is 0. The summed E-state index contributed by atoms with van der Waals surface area (Å²) >= 11 is 0. The Labute approximate surface area is 118 Å². The smallest absolute Gasteiger partial charge is 0.00955 e. The summed E-state index contributed by atoms with van der Waals surface area (Å²) in [7, 11) is 0. The van der Waals surface area contributed by atoms with Gasteiger partial charge in [0.15, 0.2) is 0 Å². The number of aryl methyl sites for hydroxylation is 1. The quantitative estimate of drug-likeness (QED) is 0.786. The molecule has 0 atom stereocenters. The minimum Gasteiger partial charge on any atom is -0.300 e. The second-order valence-corrected chi connectivity index (χ2v) is 6.44. The second kappa shape index (κ2) is 6.09. The van der Waals surface area contributed by atoms with Crippen molar-refractivity contribution in [3.63, 3.8) is 0 Å². The summed E-state index contributed by atoms with van der Waals surface area (Å²) in [5.74, 6) is 0.912. The molecule has 0 radical (unpaired) electrons. The molecule has 1 aromatic carbocycles. The molecule has 0 bridgehead atoms. The third-order valence-corrected chi connectivity index (χ3v) is 5.08. The topological polar surface area (TPSA) is 3.24 Å². The Morgan fingerprint density at radius 3 is 2.37 bits per heavy atom. The van der Waals surface area contributed by atoms with Crippen molar-refractivity contribution in [1.29, 1.82) is 0 Å². The van der Waals surface area contributed by atoms with Crippen LogP contribution in [0.4, 0.5) is 0 Å². The molecule has 3 rings (SSSR count). The molecule has 0 spiro atoms. The van der Waals surface area contributed by atoms with Gasteiger partial charge >= 0.3 is 0 Å². The van der Waals surface area contributed by atoms with E-state index in [0.717, 1.165) is 12.0 Å². The van der Waals surface area contributed by atoms with E-state index in [0.29, 0.717) is 0 Å². The van der Waals surface area contributed by atoms with Crippen LogP contribution in [-0.4, -0.2) is 24.0 Å². The Hall–Kier alpha value is -0.820. The molecule has 1 aliphatic carbocycles. The zero-order valence-electron chi connectivity index (χ0n) is 12.3. The molecule has 0 aromatic heterocycles. The van der Waals surface area contributed by atoms with Gasteiger partial charge in [-0.3, -0.25) is 4.90 Å². The first-order chi connectivity index (χ1) is 9.36. The van der Waals surface area contributed by atoms with Crippen LogP contribution in [0.3, 0.4) is 0 Å². The molecule has 1 aliphatic heterocycles. The van der Waals surface area contributed by atoms with Crippen LogP contribution in [0.15, 0.2) is 24.3 Å². The molecule has 0 amide bonds. The molecule has 0 N–H and O–H groups in total. The van der Waals surface area contributed by atoms with Gasteiger partial charge in [-0.25, -0.2) is 0 Å². The van der Waals surface area contributed by atoms with E-state index in [9.17, 15) is 0 Å². The van der Waals surface area contributed by atoms with Gasteiger partial charge < -0.3 is 0 Å². The van der Waals surface area contributed by atoms with Gasteiger partial charge in [-0.2, -0.15) is 0 Å². The van der Waals surface area contributed by atoms with Crippen LogP contribution >= 0.6 is 0 Å². The summed E-state index contributed by atoms with van der Waals surface area (Å²) in [6.07, 6.45) is 9.78. The molecule has 1 heteroatoms. The normalized spacial score (nSPS) is 22.4. The van der Waals surface area contributed by atoms with Crippen molar-refractivity contribution >= 4 is 0 Å². The molecule has 1 nitrogen and oxygen atoms in total. The Morgan fingerprint density at radius 2 is 1.68 bits per heavy atom. The van der Waals surface area contributed by atoms with Crippen LogP contribution < -0.4 is 0 Å². The number of rotatable bonds is 4. The zero-order valence-corrected chi connectivity index (χ0v) is 12.3. The summed E-state index contributed by atoms with van der Waals surface area (Å²) in [6, 6.07) is 9.94. The van der Waals surface area contributed by atoms with Crippen LogP contribution in [0.1, 0.15) is 50.2 Å². The molecule has 19 heavy (non-hydrogen) atoms. The monoisotopic (exact) mass is 257 g/mol. The molecular formula is C18H27N. The first-order valence-corrected chi connectivity index (χ1v) is 8.17. The van der Waals surface area contributed by atoms with E-state index in [1.165, 1.54) is 58.0 Å². The van der Waals surface area contributed by atoms with Crippen LogP contribution in [0.2, 0.25) is 0 Å². The van der Waals surface area contributed by atoms with E-state index in [4.69, 9.17) is 0 Å². The molecular weight excluding hydrogens is 230 g/mol. The van der Waals surface area contributed by atoms with Gasteiger partial charge in [-0.1, -0.05) is 50.5 Å². The fourth-order valence-electron chi connectivity index (χ4n) is 3.90. The van der Waals surface area contributed by atoms with Gasteiger partial charge in [0.1, 0.15) is 0 Å². The Morgan fingerprint density at radius 1 is 1.00 bits per heavy atom. The lowest BCUT2D eigenvalue weighted by molar-refractivity contribution is 0.0355. The molecule has 1 saturated carbocycles. The third kappa shape index (κ3) is 3.02. The highest BCUT2D eigenvalue weighted by Crippen LogP contribution is 2.30. The highest BCUT2D eigenvalue weighted by molar-refractivity contribution is 5.27. The summed E-state index contributed by atoms with van der Waals surface area (Å²) in [5.41, 5.74) is 3.15. The van der Waals surface area contributed by atoms with Gasteiger partial charge in [0.05, 0.1) is 0 Å². The van der Waals surface area contributed by atoms with Gasteiger partial charge in [0.2, 0.25) is 0 Å². The zero-order chi connectivity index (χ0) is 13.1. The average molecular weight is 257 g/mol. The van der Waals surface area contributed by atoms with E-state index in [2.05, 4.69) is 36.1 Å². The van der Waals surface area contributed by atoms with E-state index >= 15 is 0 Å². The van der Waals surface area contributed by atoms with Gasteiger partial charge in [0, 0.05) is 19.1 Å². The van der Waals surface area contributed by atoms with Crippen molar-refractivity contribution in [1.82, 2.24) is 4.90 Å². The number of likely N-dealkylation sites (tertiary alicyclic amines) is 1. The molecule has 0 unspecified atom stereocenters. The maximum atomic E-state index is 2.75. The Bertz CT molecular complexity index is 400. The van der Waals surface area contributed by atoms with Crippen molar-refractivity contribution in [2.45, 2.75) is 57.9 Å². The fourth-order valence-corrected chi connectivity index (χ4v) is 3.90. The molecule has 1 aromatic rings. The minimum absolute atomic E-state index is 0.912. The predicted octanol–water partition coefficient (Wildman–Crippen LogP) is 4.06. The number of nitrogens with zero attached hydrogens (tertiary/aromatic N) is 1. The lowest BCUT2D eigenvalue weighted by Crippen LogP contribution is -2.53. The van der Waals surface area contributed by atoms with Gasteiger partial charge in [0.25, 0.3) is 0 Å². The van der Waals surface area contributed by atoms with E-state index < -0.39 is 0 Å². The van der Waals surface area contributed by atoms with Crippen molar-refractivity contribution in [3.05, 3.63) is 35.4 Å². The largest absolute Gasteiger partial charge is 0.300 e. The summed E-state index contributed by atoms with van der Waals surface area (Å²) in [5, 5.41) is 0. The lowest BCUT2D eigenvalue weighted by Gasteiger charge is -2.46. The van der Waals surface area contributed by atoms with Crippen LogP contribution in [0.5, 0.6) is 0 Å². The number of benzene rings is 1. The van der Waals surface area contributed by atoms with Crippen molar-refractivity contribution in [2.75, 3.05) is 13.1 Å². The summed E-state index contributed by atoms with van der Waals surface area (Å²) in [6.45, 7) is 4.97.